The van der Waals surface area contributed by atoms with Crippen molar-refractivity contribution >= 4 is 0 Å². The molecule has 0 amide bonds. The number of hydrogen-bond acceptors (Lipinski definition) is 19. The first-order valence-electron chi connectivity index (χ1n) is 13.8. The minimum Gasteiger partial charge on any atom is -0.394 e. The van der Waals surface area contributed by atoms with E-state index in [1.54, 1.807) is 0 Å². The highest BCUT2D eigenvalue weighted by molar-refractivity contribution is 4.97. The molecule has 4 fully saturated rings. The van der Waals surface area contributed by atoms with Crippen molar-refractivity contribution in [2.24, 2.45) is 0 Å². The summed E-state index contributed by atoms with van der Waals surface area (Å²) in [7, 11) is 0. The largest absolute Gasteiger partial charge is 0.394 e. The molecule has 43 heavy (non-hydrogen) atoms. The second-order valence-corrected chi connectivity index (χ2v) is 11.1. The van der Waals surface area contributed by atoms with Crippen molar-refractivity contribution in [3.8, 4) is 0 Å². The Morgan fingerprint density at radius 1 is 0.419 bits per heavy atom. The molecule has 0 bridgehead atoms. The second kappa shape index (κ2) is 14.3. The lowest BCUT2D eigenvalue weighted by Gasteiger charge is -2.49. The Balaban J connectivity index is 1.56. The van der Waals surface area contributed by atoms with Gasteiger partial charge in [-0.15, -0.1) is 0 Å². The van der Waals surface area contributed by atoms with Gasteiger partial charge in [0.1, 0.15) is 85.5 Å². The Hall–Kier alpha value is -0.760. The first-order chi connectivity index (χ1) is 20.2. The molecule has 19 nitrogen and oxygen atoms in total. The van der Waals surface area contributed by atoms with Crippen LogP contribution in [0.25, 0.3) is 0 Å². The van der Waals surface area contributed by atoms with Gasteiger partial charge in [0.2, 0.25) is 0 Å². The normalized spacial score (nSPS) is 54.8. The van der Waals surface area contributed by atoms with Crippen LogP contribution in [-0.2, 0) is 33.2 Å². The Bertz CT molecular complexity index is 886. The number of rotatable bonds is 8. The number of ether oxygens (including phenoxy) is 7. The maximum absolute atomic E-state index is 11.2. The van der Waals surface area contributed by atoms with Crippen LogP contribution in [0, 0.1) is 0 Å². The smallest absolute Gasteiger partial charge is 0.187 e. The lowest BCUT2D eigenvalue weighted by molar-refractivity contribution is -0.396. The van der Waals surface area contributed by atoms with Crippen molar-refractivity contribution < 1.29 is 94.4 Å². The Kier molecular flexibility index (Phi) is 11.7. The molecule has 252 valence electrons. The maximum Gasteiger partial charge on any atom is 0.187 e. The molecule has 0 radical (unpaired) electrons. The highest BCUT2D eigenvalue weighted by Crippen LogP contribution is 2.34. The summed E-state index contributed by atoms with van der Waals surface area (Å²) in [5, 5.41) is 123. The van der Waals surface area contributed by atoms with Crippen LogP contribution in [0.2, 0.25) is 0 Å². The van der Waals surface area contributed by atoms with Crippen LogP contribution in [0.1, 0.15) is 13.8 Å². The van der Waals surface area contributed by atoms with Gasteiger partial charge >= 0.3 is 0 Å². The van der Waals surface area contributed by atoms with E-state index >= 15 is 0 Å². The SMILES string of the molecule is C[C@@H]1O[C@@H](O[C@H]2[C@H](O[C@H]3[C@H](O)[C@@H](O[C@@H]4O[C@@H](C)[C@H](O)[C@@H](O)[C@H]4O)C(O)O[C@@H]3CO)O[C@H](CO)[C@@H](O)[C@@H]2O)[C@H](O)[C@H](O)[C@H]1O. The van der Waals surface area contributed by atoms with E-state index in [0.29, 0.717) is 0 Å². The van der Waals surface area contributed by atoms with Gasteiger partial charge in [0.25, 0.3) is 0 Å². The lowest BCUT2D eigenvalue weighted by atomic mass is 9.96. The van der Waals surface area contributed by atoms with Gasteiger partial charge in [-0.05, 0) is 13.8 Å². The first-order valence-corrected chi connectivity index (χ1v) is 13.8. The molecule has 4 saturated heterocycles. The van der Waals surface area contributed by atoms with Crippen LogP contribution < -0.4 is 0 Å². The van der Waals surface area contributed by atoms with Crippen LogP contribution in [-0.4, -0.2) is 197 Å². The van der Waals surface area contributed by atoms with Gasteiger partial charge in [0.05, 0.1) is 25.4 Å². The molecule has 0 aliphatic carbocycles. The van der Waals surface area contributed by atoms with Crippen LogP contribution in [0.3, 0.4) is 0 Å². The highest BCUT2D eigenvalue weighted by atomic mass is 16.8. The van der Waals surface area contributed by atoms with E-state index in [2.05, 4.69) is 0 Å². The Morgan fingerprint density at radius 2 is 0.884 bits per heavy atom. The molecule has 20 atom stereocenters. The highest BCUT2D eigenvalue weighted by Gasteiger charge is 2.55. The third kappa shape index (κ3) is 7.00. The van der Waals surface area contributed by atoms with E-state index in [1.807, 2.05) is 0 Å². The number of hydrogen-bond donors (Lipinski definition) is 12. The minimum absolute atomic E-state index is 0.823. The first kappa shape index (κ1) is 35.1. The van der Waals surface area contributed by atoms with Gasteiger partial charge in [-0.25, -0.2) is 0 Å². The predicted octanol–water partition coefficient (Wildman–Crippen LogP) is -7.69. The molecule has 0 aromatic carbocycles. The molecule has 1 unspecified atom stereocenters. The maximum atomic E-state index is 11.2. The molecule has 12 N–H and O–H groups in total. The average molecular weight is 635 g/mol. The zero-order chi connectivity index (χ0) is 31.9. The van der Waals surface area contributed by atoms with Gasteiger partial charge < -0.3 is 94.4 Å². The van der Waals surface area contributed by atoms with Crippen molar-refractivity contribution in [1.82, 2.24) is 0 Å². The fourth-order valence-corrected chi connectivity index (χ4v) is 5.40. The molecular weight excluding hydrogens is 592 g/mol. The Labute approximate surface area is 244 Å². The summed E-state index contributed by atoms with van der Waals surface area (Å²) in [6.07, 6.45) is -33.0. The summed E-state index contributed by atoms with van der Waals surface area (Å²) in [6.45, 7) is 1.07. The quantitative estimate of drug-likeness (QED) is 0.118. The molecule has 4 aliphatic rings. The molecule has 0 aromatic heterocycles. The zero-order valence-corrected chi connectivity index (χ0v) is 23.2. The van der Waals surface area contributed by atoms with Gasteiger partial charge in [-0.3, -0.25) is 0 Å². The summed E-state index contributed by atoms with van der Waals surface area (Å²) >= 11 is 0. The van der Waals surface area contributed by atoms with Gasteiger partial charge in [0.15, 0.2) is 25.2 Å². The van der Waals surface area contributed by atoms with E-state index in [4.69, 9.17) is 33.2 Å². The lowest BCUT2D eigenvalue weighted by Crippen LogP contribution is -2.67. The van der Waals surface area contributed by atoms with E-state index < -0.39 is 136 Å². The number of aliphatic hydroxyl groups is 12. The van der Waals surface area contributed by atoms with Crippen molar-refractivity contribution in [2.45, 2.75) is 137 Å². The monoisotopic (exact) mass is 634 g/mol. The van der Waals surface area contributed by atoms with Crippen LogP contribution >= 0.6 is 0 Å². The summed E-state index contributed by atoms with van der Waals surface area (Å²) in [6, 6.07) is 0. The number of aliphatic hydroxyl groups excluding tert-OH is 12. The van der Waals surface area contributed by atoms with Crippen molar-refractivity contribution in [3.63, 3.8) is 0 Å². The molecular formula is C24H42O19. The average Bonchev–Trinajstić information content (AvgIpc) is 2.98. The van der Waals surface area contributed by atoms with Crippen molar-refractivity contribution in [3.05, 3.63) is 0 Å². The third-order valence-corrected chi connectivity index (χ3v) is 8.13. The molecule has 0 saturated carbocycles. The topological polar surface area (TPSA) is 307 Å². The summed E-state index contributed by atoms with van der Waals surface area (Å²) in [5.41, 5.74) is 0. The molecule has 4 aliphatic heterocycles. The van der Waals surface area contributed by atoms with Gasteiger partial charge in [0, 0.05) is 0 Å². The molecule has 4 rings (SSSR count). The summed E-state index contributed by atoms with van der Waals surface area (Å²) in [4.78, 5) is 0. The second-order valence-electron chi connectivity index (χ2n) is 11.1. The summed E-state index contributed by atoms with van der Waals surface area (Å²) in [5.74, 6) is 0. The third-order valence-electron chi connectivity index (χ3n) is 8.13. The Morgan fingerprint density at radius 3 is 1.37 bits per heavy atom. The van der Waals surface area contributed by atoms with Crippen LogP contribution in [0.15, 0.2) is 0 Å². The molecule has 0 spiro atoms. The molecule has 19 heteroatoms. The van der Waals surface area contributed by atoms with Crippen molar-refractivity contribution in [1.29, 1.82) is 0 Å². The van der Waals surface area contributed by atoms with Gasteiger partial charge in [-0.2, -0.15) is 0 Å². The van der Waals surface area contributed by atoms with Gasteiger partial charge in [-0.1, -0.05) is 0 Å². The van der Waals surface area contributed by atoms with E-state index in [1.165, 1.54) is 13.8 Å². The zero-order valence-electron chi connectivity index (χ0n) is 23.2. The van der Waals surface area contributed by atoms with Crippen LogP contribution in [0.4, 0.5) is 0 Å². The van der Waals surface area contributed by atoms with E-state index in [-0.39, 0.29) is 0 Å². The summed E-state index contributed by atoms with van der Waals surface area (Å²) < 4.78 is 38.6. The molecule has 4 heterocycles. The predicted molar refractivity (Wildman–Crippen MR) is 131 cm³/mol. The fourth-order valence-electron chi connectivity index (χ4n) is 5.40. The minimum atomic E-state index is -1.95. The fraction of sp³-hybridized carbons (Fsp3) is 1.00. The van der Waals surface area contributed by atoms with E-state index in [9.17, 15) is 61.3 Å². The van der Waals surface area contributed by atoms with Crippen LogP contribution in [0.5, 0.6) is 0 Å². The molecule has 0 aromatic rings. The van der Waals surface area contributed by atoms with Crippen molar-refractivity contribution in [2.75, 3.05) is 13.2 Å². The van der Waals surface area contributed by atoms with E-state index in [0.717, 1.165) is 0 Å². The standard InChI is InChI=1S/C24H42O19/c1-5-9(27)12(30)15(33)22(37-5)42-19-17(35)18(8(4-26)39-21(19)36)41-24-20(14(32)11(29)7(3-25)40-24)43-23-16(34)13(31)10(28)6(2)38-23/h5-36H,3-4H2,1-2H3/t5-,6-,7+,8+,9-,10-,11+,12+,13+,14-,15+,16+,17-,18+,19+,20+,21?,22-,23-,24-/m0/s1.